The molecule has 10 nitrogen and oxygen atoms in total. The van der Waals surface area contributed by atoms with Crippen molar-refractivity contribution in [3.63, 3.8) is 0 Å². The molecule has 5 N–H and O–H groups in total. The topological polar surface area (TPSA) is 160 Å². The van der Waals surface area contributed by atoms with Crippen LogP contribution in [0.25, 0.3) is 11.1 Å². The second-order valence-electron chi connectivity index (χ2n) is 9.44. The summed E-state index contributed by atoms with van der Waals surface area (Å²) >= 11 is 0. The summed E-state index contributed by atoms with van der Waals surface area (Å²) in [5.41, 5.74) is 12.1. The Bertz CT molecular complexity index is 1510. The Kier molecular flexibility index (Phi) is 7.14. The van der Waals surface area contributed by atoms with Crippen molar-refractivity contribution in [2.75, 3.05) is 18.9 Å². The van der Waals surface area contributed by atoms with Gasteiger partial charge in [-0.3, -0.25) is 9.83 Å². The van der Waals surface area contributed by atoms with Gasteiger partial charge in [-0.15, -0.1) is 0 Å². The van der Waals surface area contributed by atoms with Crippen LogP contribution in [0.5, 0.6) is 0 Å². The molecular formula is C26H28FN5O5S. The highest BCUT2D eigenvalue weighted by molar-refractivity contribution is 7.92. The number of nitrogens with one attached hydrogen (secondary N) is 1. The average molecular weight is 542 g/mol. The number of aryl methyl sites for hydroxylation is 1. The smallest absolute Gasteiger partial charge is 0.220 e. The van der Waals surface area contributed by atoms with E-state index < -0.39 is 34.4 Å². The SMILES string of the molecule is Cc1nc(N)nc2c1C(NOC[C@H](O)CO)=N[C@@H](c1ccc(F)cc1-c1cccc(S(=O)(=O)C3CC3)c1)C2. The van der Waals surface area contributed by atoms with E-state index in [0.717, 1.165) is 0 Å². The molecule has 0 amide bonds. The van der Waals surface area contributed by atoms with Crippen LogP contribution in [-0.2, 0) is 21.1 Å². The molecule has 200 valence electrons. The van der Waals surface area contributed by atoms with Crippen LogP contribution < -0.4 is 11.2 Å². The van der Waals surface area contributed by atoms with Crippen molar-refractivity contribution in [2.45, 2.75) is 48.5 Å². The molecule has 1 aromatic heterocycles. The fourth-order valence-electron chi connectivity index (χ4n) is 4.56. The molecule has 3 aromatic rings. The first kappa shape index (κ1) is 26.2. The van der Waals surface area contributed by atoms with Crippen LogP contribution >= 0.6 is 0 Å². The number of halogens is 1. The summed E-state index contributed by atoms with van der Waals surface area (Å²) < 4.78 is 40.2. The molecule has 2 aromatic carbocycles. The van der Waals surface area contributed by atoms with Crippen LogP contribution in [0.1, 0.15) is 41.4 Å². The number of hydroxylamine groups is 1. The van der Waals surface area contributed by atoms with Gasteiger partial charge in [-0.05, 0) is 60.7 Å². The molecule has 12 heteroatoms. The summed E-state index contributed by atoms with van der Waals surface area (Å²) in [6.45, 7) is 1.08. The van der Waals surface area contributed by atoms with Crippen LogP contribution in [0.2, 0.25) is 0 Å². The van der Waals surface area contributed by atoms with Gasteiger partial charge >= 0.3 is 0 Å². The maximum atomic E-state index is 14.5. The normalized spacial score (nSPS) is 18.0. The molecule has 1 fully saturated rings. The van der Waals surface area contributed by atoms with Gasteiger partial charge in [0.2, 0.25) is 5.95 Å². The van der Waals surface area contributed by atoms with Gasteiger partial charge in [-0.25, -0.2) is 28.3 Å². The monoisotopic (exact) mass is 541 g/mol. The van der Waals surface area contributed by atoms with E-state index in [1.54, 1.807) is 37.3 Å². The molecule has 0 radical (unpaired) electrons. The number of nitrogens with zero attached hydrogens (tertiary/aromatic N) is 3. The first-order chi connectivity index (χ1) is 18.2. The number of hydrogen-bond acceptors (Lipinski definition) is 10. The predicted octanol–water partition coefficient (Wildman–Crippen LogP) is 2.03. The van der Waals surface area contributed by atoms with Gasteiger partial charge < -0.3 is 15.9 Å². The lowest BCUT2D eigenvalue weighted by Gasteiger charge is -2.26. The average Bonchev–Trinajstić information content (AvgIpc) is 3.74. The van der Waals surface area contributed by atoms with E-state index in [9.17, 15) is 17.9 Å². The Balaban J connectivity index is 1.57. The molecule has 0 saturated heterocycles. The number of aliphatic imine (C=N–C) groups is 1. The summed E-state index contributed by atoms with van der Waals surface area (Å²) in [5, 5.41) is 18.3. The highest BCUT2D eigenvalue weighted by Gasteiger charge is 2.37. The summed E-state index contributed by atoms with van der Waals surface area (Å²) in [7, 11) is -3.44. The lowest BCUT2D eigenvalue weighted by Crippen LogP contribution is -2.34. The number of nitrogen functional groups attached to an aromatic ring is 1. The molecule has 1 aliphatic heterocycles. The van der Waals surface area contributed by atoms with Gasteiger partial charge in [0, 0.05) is 6.42 Å². The largest absolute Gasteiger partial charge is 0.394 e. The van der Waals surface area contributed by atoms with Crippen molar-refractivity contribution >= 4 is 21.6 Å². The molecular weight excluding hydrogens is 513 g/mol. The number of amidine groups is 1. The first-order valence-electron chi connectivity index (χ1n) is 12.2. The third-order valence-corrected chi connectivity index (χ3v) is 8.82. The zero-order valence-corrected chi connectivity index (χ0v) is 21.4. The van der Waals surface area contributed by atoms with Gasteiger partial charge in [0.25, 0.3) is 0 Å². The Morgan fingerprint density at radius 3 is 2.74 bits per heavy atom. The van der Waals surface area contributed by atoms with Crippen molar-refractivity contribution in [3.05, 3.63) is 70.8 Å². The third kappa shape index (κ3) is 5.25. The van der Waals surface area contributed by atoms with Crippen molar-refractivity contribution in [1.29, 1.82) is 0 Å². The van der Waals surface area contributed by atoms with E-state index in [1.807, 2.05) is 0 Å². The van der Waals surface area contributed by atoms with Gasteiger partial charge in [-0.1, -0.05) is 18.2 Å². The maximum absolute atomic E-state index is 14.5. The minimum absolute atomic E-state index is 0.0928. The number of aliphatic hydroxyl groups excluding tert-OH is 2. The minimum atomic E-state index is -3.44. The molecule has 0 spiro atoms. The number of benzene rings is 2. The molecule has 1 aliphatic carbocycles. The zero-order valence-electron chi connectivity index (χ0n) is 20.6. The molecule has 1 saturated carbocycles. The van der Waals surface area contributed by atoms with E-state index in [0.29, 0.717) is 58.7 Å². The van der Waals surface area contributed by atoms with Crippen LogP contribution in [-0.4, -0.2) is 59.0 Å². The third-order valence-electron chi connectivity index (χ3n) is 6.56. The van der Waals surface area contributed by atoms with Gasteiger partial charge in [0.05, 0.1) is 39.7 Å². The number of aliphatic hydroxyl groups is 2. The molecule has 2 aliphatic rings. The van der Waals surface area contributed by atoms with E-state index in [4.69, 9.17) is 20.7 Å². The van der Waals surface area contributed by atoms with Gasteiger partial charge in [0.1, 0.15) is 18.5 Å². The summed E-state index contributed by atoms with van der Waals surface area (Å²) in [6, 6.07) is 10.3. The first-order valence-corrected chi connectivity index (χ1v) is 13.7. The van der Waals surface area contributed by atoms with Gasteiger partial charge in [-0.2, -0.15) is 0 Å². The van der Waals surface area contributed by atoms with Crippen LogP contribution in [0, 0.1) is 12.7 Å². The summed E-state index contributed by atoms with van der Waals surface area (Å²) in [5.74, 6) is -0.0871. The van der Waals surface area contributed by atoms with E-state index >= 15 is 0 Å². The number of rotatable bonds is 8. The Morgan fingerprint density at radius 2 is 2.00 bits per heavy atom. The van der Waals surface area contributed by atoms with Crippen LogP contribution in [0.4, 0.5) is 10.3 Å². The zero-order chi connectivity index (χ0) is 27.0. The molecule has 2 atom stereocenters. The van der Waals surface area contributed by atoms with Crippen molar-refractivity contribution in [3.8, 4) is 11.1 Å². The van der Waals surface area contributed by atoms with E-state index in [-0.39, 0.29) is 22.7 Å². The van der Waals surface area contributed by atoms with Crippen molar-refractivity contribution < 1.29 is 27.9 Å². The Morgan fingerprint density at radius 1 is 1.21 bits per heavy atom. The molecule has 5 rings (SSSR count). The fourth-order valence-corrected chi connectivity index (χ4v) is 6.26. The summed E-state index contributed by atoms with van der Waals surface area (Å²) in [4.78, 5) is 19.0. The fraction of sp³-hybridized carbons (Fsp3) is 0.346. The Labute approximate surface area is 219 Å². The standard InChI is InChI=1S/C26H28FN5O5S/c1-14-24-23(31-26(28)29-14)11-22(30-25(24)32-37-13-17(34)12-33)20-8-5-16(27)10-21(20)15-3-2-4-19(9-15)38(35,36)18-6-7-18/h2-5,8-10,17-18,22,33-34H,6-7,11-13H2,1H3,(H,30,32)(H2,28,29,31)/t17-,22-/m1/s1. The minimum Gasteiger partial charge on any atom is -0.394 e. The van der Waals surface area contributed by atoms with Crippen LogP contribution in [0.3, 0.4) is 0 Å². The highest BCUT2D eigenvalue weighted by Crippen LogP contribution is 2.38. The second-order valence-corrected chi connectivity index (χ2v) is 11.7. The van der Waals surface area contributed by atoms with Crippen molar-refractivity contribution in [1.82, 2.24) is 15.4 Å². The molecule has 38 heavy (non-hydrogen) atoms. The second kappa shape index (κ2) is 10.4. The van der Waals surface area contributed by atoms with E-state index in [1.165, 1.54) is 12.1 Å². The summed E-state index contributed by atoms with van der Waals surface area (Å²) in [6.07, 6.45) is 0.525. The Hall–Kier alpha value is -3.45. The molecule has 0 bridgehead atoms. The number of hydrogen-bond donors (Lipinski definition) is 4. The lowest BCUT2D eigenvalue weighted by atomic mass is 9.90. The lowest BCUT2D eigenvalue weighted by molar-refractivity contribution is -0.0160. The number of sulfone groups is 1. The maximum Gasteiger partial charge on any atom is 0.220 e. The van der Waals surface area contributed by atoms with Gasteiger partial charge in [0.15, 0.2) is 15.7 Å². The predicted molar refractivity (Wildman–Crippen MR) is 138 cm³/mol. The molecule has 2 heterocycles. The quantitative estimate of drug-likeness (QED) is 0.313. The number of fused-ring (bicyclic) bond motifs is 1. The highest BCUT2D eigenvalue weighted by atomic mass is 32.2. The number of anilines is 1. The van der Waals surface area contributed by atoms with E-state index in [2.05, 4.69) is 15.4 Å². The number of aromatic nitrogens is 2. The van der Waals surface area contributed by atoms with Crippen LogP contribution in [0.15, 0.2) is 52.4 Å². The number of nitrogens with two attached hydrogens (primary N) is 1. The molecule has 0 unspecified atom stereocenters. The van der Waals surface area contributed by atoms with Crippen molar-refractivity contribution in [2.24, 2.45) is 4.99 Å².